The number of para-hydroxylation sites is 1. The van der Waals surface area contributed by atoms with Crippen molar-refractivity contribution in [2.24, 2.45) is 0 Å². The molecule has 1 atom stereocenters. The third-order valence-corrected chi connectivity index (χ3v) is 5.18. The van der Waals surface area contributed by atoms with Crippen LogP contribution in [0.3, 0.4) is 0 Å². The van der Waals surface area contributed by atoms with Gasteiger partial charge in [-0.1, -0.05) is 24.3 Å². The highest BCUT2D eigenvalue weighted by Gasteiger charge is 2.20. The molecule has 1 aliphatic rings. The van der Waals surface area contributed by atoms with Crippen molar-refractivity contribution in [1.82, 2.24) is 14.7 Å². The molecule has 8 nitrogen and oxygen atoms in total. The highest BCUT2D eigenvalue weighted by Crippen LogP contribution is 2.24. The summed E-state index contributed by atoms with van der Waals surface area (Å²) in [5.41, 5.74) is 0.576. The van der Waals surface area contributed by atoms with E-state index in [-0.39, 0.29) is 23.1 Å². The first-order valence-corrected chi connectivity index (χ1v) is 10.3. The molecule has 0 saturated carbocycles. The predicted octanol–water partition coefficient (Wildman–Crippen LogP) is 3.00. The van der Waals surface area contributed by atoms with E-state index in [0.29, 0.717) is 24.5 Å². The fourth-order valence-electron chi connectivity index (χ4n) is 3.49. The van der Waals surface area contributed by atoms with Gasteiger partial charge in [0, 0.05) is 19.3 Å². The summed E-state index contributed by atoms with van der Waals surface area (Å²) in [6.07, 6.45) is 4.56. The van der Waals surface area contributed by atoms with Crippen molar-refractivity contribution >= 4 is 17.6 Å². The number of ether oxygens (including phenoxy) is 2. The maximum Gasteiger partial charge on any atom is 0.269 e. The first-order valence-electron chi connectivity index (χ1n) is 10.3. The van der Waals surface area contributed by atoms with Crippen LogP contribution in [0.2, 0.25) is 0 Å². The molecule has 8 heteroatoms. The number of nitrogens with one attached hydrogen (secondary N) is 1. The number of rotatable bonds is 6. The molecule has 32 heavy (non-hydrogen) atoms. The highest BCUT2D eigenvalue weighted by molar-refractivity contribution is 6.01. The van der Waals surface area contributed by atoms with Crippen molar-refractivity contribution in [3.63, 3.8) is 0 Å². The van der Waals surface area contributed by atoms with E-state index in [2.05, 4.69) is 10.3 Å². The zero-order valence-corrected chi connectivity index (χ0v) is 17.6. The summed E-state index contributed by atoms with van der Waals surface area (Å²) in [6, 6.07) is 14.3. The quantitative estimate of drug-likeness (QED) is 0.476. The summed E-state index contributed by atoms with van der Waals surface area (Å²) >= 11 is 0. The number of nitrogens with zero attached hydrogens (tertiary/aromatic N) is 3. The molecule has 1 fully saturated rings. The largest absolute Gasteiger partial charge is 0.438 e. The minimum absolute atomic E-state index is 0.0146. The Kier molecular flexibility index (Phi) is 6.29. The van der Waals surface area contributed by atoms with E-state index in [4.69, 9.17) is 9.47 Å². The van der Waals surface area contributed by atoms with E-state index in [9.17, 15) is 14.9 Å². The van der Waals surface area contributed by atoms with Gasteiger partial charge < -0.3 is 14.8 Å². The molecule has 0 spiro atoms. The standard InChI is InChI=1S/C24H22N4O4/c1-16-7-5-11-28-21(16)27-23(32-18-8-3-2-4-9-18)20(24(28)30)13-17(14-25)22(29)26-15-19-10-6-12-31-19/h2-5,7-9,11,13,19H,6,10,12,15H2,1H3,(H,26,29)/b17-13+. The fourth-order valence-corrected chi connectivity index (χ4v) is 3.49. The number of hydrogen-bond acceptors (Lipinski definition) is 6. The molecular formula is C24H22N4O4. The first-order chi connectivity index (χ1) is 15.6. The monoisotopic (exact) mass is 430 g/mol. The number of hydrogen-bond donors (Lipinski definition) is 1. The van der Waals surface area contributed by atoms with Crippen molar-refractivity contribution in [3.05, 3.63) is 75.7 Å². The molecule has 2 aromatic heterocycles. The van der Waals surface area contributed by atoms with Crippen LogP contribution in [0.4, 0.5) is 0 Å². The zero-order valence-electron chi connectivity index (χ0n) is 17.6. The minimum Gasteiger partial charge on any atom is -0.438 e. The number of nitriles is 1. The molecule has 1 amide bonds. The Labute approximate surface area is 184 Å². The summed E-state index contributed by atoms with van der Waals surface area (Å²) in [6.45, 7) is 2.81. The Bertz CT molecular complexity index is 1270. The van der Waals surface area contributed by atoms with E-state index < -0.39 is 11.5 Å². The molecule has 3 aromatic rings. The summed E-state index contributed by atoms with van der Waals surface area (Å²) in [4.78, 5) is 30.4. The maximum atomic E-state index is 13.3. The Morgan fingerprint density at radius 1 is 1.34 bits per heavy atom. The van der Waals surface area contributed by atoms with Crippen molar-refractivity contribution in [2.75, 3.05) is 13.2 Å². The van der Waals surface area contributed by atoms with Gasteiger partial charge >= 0.3 is 0 Å². The molecule has 0 radical (unpaired) electrons. The summed E-state index contributed by atoms with van der Waals surface area (Å²) < 4.78 is 12.8. The molecule has 1 aromatic carbocycles. The van der Waals surface area contributed by atoms with Gasteiger partial charge in [0.05, 0.1) is 6.10 Å². The first kappa shape index (κ1) is 21.3. The smallest absolute Gasteiger partial charge is 0.269 e. The van der Waals surface area contributed by atoms with Crippen LogP contribution in [0.25, 0.3) is 11.7 Å². The van der Waals surface area contributed by atoms with E-state index in [0.717, 1.165) is 18.4 Å². The van der Waals surface area contributed by atoms with Gasteiger partial charge in [0.15, 0.2) is 0 Å². The van der Waals surface area contributed by atoms with Crippen molar-refractivity contribution in [1.29, 1.82) is 5.26 Å². The van der Waals surface area contributed by atoms with E-state index in [1.54, 1.807) is 36.5 Å². The van der Waals surface area contributed by atoms with Crippen LogP contribution in [0, 0.1) is 18.3 Å². The molecule has 1 aliphatic heterocycles. The second-order valence-electron chi connectivity index (χ2n) is 7.45. The lowest BCUT2D eigenvalue weighted by atomic mass is 10.1. The number of carbonyl (C=O) groups excluding carboxylic acids is 1. The maximum absolute atomic E-state index is 13.3. The third kappa shape index (κ3) is 4.53. The summed E-state index contributed by atoms with van der Waals surface area (Å²) in [5.74, 6) is -0.0779. The van der Waals surface area contributed by atoms with Crippen molar-refractivity contribution < 1.29 is 14.3 Å². The van der Waals surface area contributed by atoms with E-state index in [1.807, 2.05) is 25.1 Å². The van der Waals surface area contributed by atoms with Gasteiger partial charge in [-0.3, -0.25) is 14.0 Å². The van der Waals surface area contributed by atoms with Crippen molar-refractivity contribution in [2.45, 2.75) is 25.9 Å². The molecule has 4 rings (SSSR count). The third-order valence-electron chi connectivity index (χ3n) is 5.18. The fraction of sp³-hybridized carbons (Fsp3) is 0.250. The summed E-state index contributed by atoms with van der Waals surface area (Å²) in [7, 11) is 0. The van der Waals surface area contributed by atoms with Crippen LogP contribution >= 0.6 is 0 Å². The average molecular weight is 430 g/mol. The van der Waals surface area contributed by atoms with E-state index in [1.165, 1.54) is 10.5 Å². The van der Waals surface area contributed by atoms with Gasteiger partial charge in [0.25, 0.3) is 11.5 Å². The number of carbonyl (C=O) groups is 1. The van der Waals surface area contributed by atoms with Crippen LogP contribution in [-0.2, 0) is 9.53 Å². The van der Waals surface area contributed by atoms with Gasteiger partial charge in [-0.15, -0.1) is 0 Å². The number of amides is 1. The zero-order chi connectivity index (χ0) is 22.5. The Hall–Kier alpha value is -3.96. The molecule has 1 unspecified atom stereocenters. The van der Waals surface area contributed by atoms with Crippen LogP contribution < -0.4 is 15.6 Å². The van der Waals surface area contributed by atoms with Crippen molar-refractivity contribution in [3.8, 4) is 17.7 Å². The lowest BCUT2D eigenvalue weighted by Gasteiger charge is -2.12. The predicted molar refractivity (Wildman–Crippen MR) is 118 cm³/mol. The minimum atomic E-state index is -0.581. The Balaban J connectivity index is 1.75. The lowest BCUT2D eigenvalue weighted by molar-refractivity contribution is -0.117. The molecule has 1 N–H and O–H groups in total. The second kappa shape index (κ2) is 9.45. The lowest BCUT2D eigenvalue weighted by Crippen LogP contribution is -2.32. The topological polar surface area (TPSA) is 106 Å². The number of benzene rings is 1. The molecular weight excluding hydrogens is 408 g/mol. The molecule has 0 aliphatic carbocycles. The Morgan fingerprint density at radius 2 is 2.16 bits per heavy atom. The molecule has 162 valence electrons. The van der Waals surface area contributed by atoms with Gasteiger partial charge in [0.2, 0.25) is 5.88 Å². The van der Waals surface area contributed by atoms with Gasteiger partial charge in [0.1, 0.15) is 28.6 Å². The number of aryl methyl sites for hydroxylation is 1. The normalized spacial score (nSPS) is 16.0. The average Bonchev–Trinajstić information content (AvgIpc) is 3.33. The van der Waals surface area contributed by atoms with E-state index >= 15 is 0 Å². The highest BCUT2D eigenvalue weighted by atomic mass is 16.5. The van der Waals surface area contributed by atoms with Gasteiger partial charge in [-0.2, -0.15) is 10.2 Å². The molecule has 1 saturated heterocycles. The summed E-state index contributed by atoms with van der Waals surface area (Å²) in [5, 5.41) is 12.3. The number of pyridine rings is 1. The number of fused-ring (bicyclic) bond motifs is 1. The van der Waals surface area contributed by atoms with Gasteiger partial charge in [-0.05, 0) is 49.6 Å². The second-order valence-corrected chi connectivity index (χ2v) is 7.45. The van der Waals surface area contributed by atoms with Crippen LogP contribution in [0.5, 0.6) is 11.6 Å². The van der Waals surface area contributed by atoms with Crippen LogP contribution in [0.15, 0.2) is 59.0 Å². The van der Waals surface area contributed by atoms with Gasteiger partial charge in [-0.25, -0.2) is 0 Å². The Morgan fingerprint density at radius 3 is 2.88 bits per heavy atom. The molecule has 0 bridgehead atoms. The SMILES string of the molecule is Cc1cccn2c(=O)c(/C=C(\C#N)C(=O)NCC3CCCO3)c(Oc3ccccc3)nc12. The molecule has 3 heterocycles. The van der Waals surface area contributed by atoms with Crippen LogP contribution in [0.1, 0.15) is 24.0 Å². The number of aromatic nitrogens is 2. The van der Waals surface area contributed by atoms with Crippen LogP contribution in [-0.4, -0.2) is 34.5 Å².